The molecular formula is C34H24F4FeP2. The standard InChI is InChI=1S/2C17H12F2P.Fe/c2*18-13-5-9-16(10-6-13)20(15-3-1-2-4-15)17-11-7-14(19)8-12-17;/h2*1-12H;. The Morgan fingerprint density at radius 3 is 0.805 bits per heavy atom. The van der Waals surface area contributed by atoms with Gasteiger partial charge >= 0.3 is 228 Å². The molecule has 10 saturated heterocycles. The zero-order chi connectivity index (χ0) is 27.0. The minimum absolute atomic E-state index is 0.208. The number of halogens is 4. The predicted molar refractivity (Wildman–Crippen MR) is 153 cm³/mol. The van der Waals surface area contributed by atoms with E-state index in [9.17, 15) is 17.6 Å². The molecule has 0 radical (unpaired) electrons. The van der Waals surface area contributed by atoms with E-state index in [1.54, 1.807) is 48.5 Å². The summed E-state index contributed by atoms with van der Waals surface area (Å²) in [6.07, 6.45) is 0. The van der Waals surface area contributed by atoms with Gasteiger partial charge in [-0.25, -0.2) is 0 Å². The van der Waals surface area contributed by atoms with Crippen molar-refractivity contribution >= 4 is 37.1 Å². The normalized spacial score (nSPS) is 58.2. The van der Waals surface area contributed by atoms with Crippen LogP contribution in [0.4, 0.5) is 17.6 Å². The Balaban J connectivity index is 1.08. The van der Waals surface area contributed by atoms with Gasteiger partial charge in [-0.05, 0) is 0 Å². The number of benzene rings is 4. The molecule has 206 valence electrons. The maximum atomic E-state index is 14.2. The van der Waals surface area contributed by atoms with E-state index in [-0.39, 0.29) is 23.3 Å². The molecule has 0 bridgehead atoms. The minimum atomic E-state index is -4.27. The zero-order valence-corrected chi connectivity index (χ0v) is 24.5. The van der Waals surface area contributed by atoms with Crippen molar-refractivity contribution in [3.05, 3.63) is 120 Å². The molecule has 7 heteroatoms. The van der Waals surface area contributed by atoms with Crippen LogP contribution in [0, 0.1) is 23.3 Å². The SMILES string of the molecule is Fc1ccc(P(c2ccc(F)cc2)[C]23[CH]4[CH]5[CH]6[CH]2[Fe]56432789[CH]3[CH]2[CH]7[C]8(P(c2ccc(F)cc2)c2ccc(F)cc2)[CH]39)cc1. The summed E-state index contributed by atoms with van der Waals surface area (Å²) in [6, 6.07) is 29.3. The van der Waals surface area contributed by atoms with Gasteiger partial charge in [-0.3, -0.25) is 0 Å². The molecule has 14 rings (SSSR count). The van der Waals surface area contributed by atoms with Crippen LogP contribution in [0.5, 0.6) is 0 Å². The van der Waals surface area contributed by atoms with E-state index in [0.717, 1.165) is 38.5 Å². The van der Waals surface area contributed by atoms with E-state index in [4.69, 9.17) is 0 Å². The molecule has 0 saturated carbocycles. The van der Waals surface area contributed by atoms with Crippen LogP contribution in [0.3, 0.4) is 0 Å². The van der Waals surface area contributed by atoms with Crippen LogP contribution in [-0.4, -0.2) is 8.11 Å². The summed E-state index contributed by atoms with van der Waals surface area (Å²) in [5.74, 6) is -0.831. The summed E-state index contributed by atoms with van der Waals surface area (Å²) in [7, 11) is -1.48. The fraction of sp³-hybridized carbons (Fsp3) is 0.294. The van der Waals surface area contributed by atoms with E-state index in [0.29, 0.717) is 8.11 Å². The van der Waals surface area contributed by atoms with Gasteiger partial charge in [0.1, 0.15) is 0 Å². The summed E-state index contributed by atoms with van der Waals surface area (Å²) < 4.78 is 57.7. The molecule has 41 heavy (non-hydrogen) atoms. The molecule has 0 aromatic heterocycles. The van der Waals surface area contributed by atoms with Gasteiger partial charge in [0, 0.05) is 0 Å². The fourth-order valence-electron chi connectivity index (χ4n) is 21.0. The molecule has 1 spiro atoms. The first-order valence-corrected chi connectivity index (χ1v) is 23.4. The maximum absolute atomic E-state index is 14.2. The Morgan fingerprint density at radius 1 is 0.390 bits per heavy atom. The molecule has 0 nitrogen and oxygen atoms in total. The van der Waals surface area contributed by atoms with E-state index in [2.05, 4.69) is 0 Å². The summed E-state index contributed by atoms with van der Waals surface area (Å²) in [5, 5.41) is 5.07. The molecule has 0 amide bonds. The van der Waals surface area contributed by atoms with Gasteiger partial charge in [0.05, 0.1) is 0 Å². The average Bonchev–Trinajstić information content (AvgIpc) is 3.93. The van der Waals surface area contributed by atoms with Crippen LogP contribution in [0.15, 0.2) is 97.1 Å². The second kappa shape index (κ2) is 3.33. The van der Waals surface area contributed by atoms with E-state index >= 15 is 0 Å². The zero-order valence-electron chi connectivity index (χ0n) is 21.6. The Labute approximate surface area is 227 Å². The number of hydrogen-bond acceptors (Lipinski definition) is 0. The fourth-order valence-corrected chi connectivity index (χ4v) is 126. The average molecular weight is 626 g/mol. The molecule has 4 aromatic carbocycles. The predicted octanol–water partition coefficient (Wildman–Crippen LogP) is 8.01. The summed E-state index contributed by atoms with van der Waals surface area (Å²) >= 11 is 0. The Hall–Kier alpha value is -2.02. The van der Waals surface area contributed by atoms with Crippen molar-refractivity contribution in [3.63, 3.8) is 0 Å². The van der Waals surface area contributed by atoms with Gasteiger partial charge in [-0.15, -0.1) is 0 Å². The van der Waals surface area contributed by atoms with E-state index < -0.39 is 22.4 Å². The van der Waals surface area contributed by atoms with Crippen molar-refractivity contribution < 1.29 is 24.1 Å². The van der Waals surface area contributed by atoms with Crippen LogP contribution in [-0.2, 0) is 6.51 Å². The molecular weight excluding hydrogens is 602 g/mol. The van der Waals surface area contributed by atoms with E-state index in [1.165, 1.54) is 21.2 Å². The third-order valence-corrected chi connectivity index (χ3v) is 76.3. The van der Waals surface area contributed by atoms with Gasteiger partial charge in [0.25, 0.3) is 0 Å². The molecule has 8 atom stereocenters. The molecule has 10 fully saturated rings. The van der Waals surface area contributed by atoms with Crippen molar-refractivity contribution in [1.82, 2.24) is 0 Å². The summed E-state index contributed by atoms with van der Waals surface area (Å²) in [4.78, 5) is 7.50. The van der Waals surface area contributed by atoms with Gasteiger partial charge in [0.15, 0.2) is 0 Å². The van der Waals surface area contributed by atoms with Crippen molar-refractivity contribution in [2.45, 2.75) is 46.6 Å². The number of rotatable bonds is 6. The molecule has 10 heterocycles. The van der Waals surface area contributed by atoms with Crippen molar-refractivity contribution in [2.75, 3.05) is 0 Å². The summed E-state index contributed by atoms with van der Waals surface area (Å²) in [5.41, 5.74) is 0. The van der Waals surface area contributed by atoms with Crippen LogP contribution in [0.1, 0.15) is 0 Å². The molecule has 0 aliphatic carbocycles. The molecule has 8 unspecified atom stereocenters. The monoisotopic (exact) mass is 626 g/mol. The molecule has 4 aromatic rings. The van der Waals surface area contributed by atoms with Crippen LogP contribution < -0.4 is 21.2 Å². The Kier molecular flexibility index (Phi) is 1.69. The molecule has 10 aliphatic heterocycles. The number of hydrogen-bond donors (Lipinski definition) is 0. The summed E-state index contributed by atoms with van der Waals surface area (Å²) in [6.45, 7) is -4.27. The van der Waals surface area contributed by atoms with Crippen molar-refractivity contribution in [3.8, 4) is 0 Å². The quantitative estimate of drug-likeness (QED) is 0.116. The van der Waals surface area contributed by atoms with Gasteiger partial charge in [0.2, 0.25) is 0 Å². The van der Waals surface area contributed by atoms with Crippen LogP contribution in [0.2, 0.25) is 38.5 Å². The topological polar surface area (TPSA) is 0 Å². The van der Waals surface area contributed by atoms with E-state index in [1.807, 2.05) is 48.5 Å². The van der Waals surface area contributed by atoms with Gasteiger partial charge in [-0.2, -0.15) is 0 Å². The Bertz CT molecular complexity index is 2100. The third-order valence-electron chi connectivity index (χ3n) is 19.7. The number of fused-ring (bicyclic) bond motifs is 10. The van der Waals surface area contributed by atoms with Crippen LogP contribution in [0.25, 0.3) is 0 Å². The first kappa shape index (κ1) is 20.8. The van der Waals surface area contributed by atoms with Crippen molar-refractivity contribution in [2.24, 2.45) is 0 Å². The molecule has 10 aliphatic rings. The van der Waals surface area contributed by atoms with Crippen LogP contribution >= 0.6 is 15.8 Å². The van der Waals surface area contributed by atoms with Crippen molar-refractivity contribution in [1.29, 1.82) is 0 Å². The molecule has 0 N–H and O–H groups in total. The third kappa shape index (κ3) is 0.577. The Morgan fingerprint density at radius 2 is 0.610 bits per heavy atom. The first-order valence-electron chi connectivity index (χ1n) is 14.5. The van der Waals surface area contributed by atoms with Gasteiger partial charge in [-0.1, -0.05) is 0 Å². The second-order valence-corrected chi connectivity index (χ2v) is 45.2. The second-order valence-electron chi connectivity index (χ2n) is 16.3. The first-order chi connectivity index (χ1) is 19.7. The van der Waals surface area contributed by atoms with Gasteiger partial charge < -0.3 is 0 Å².